The SMILES string of the molecule is NC(=O)c1ccc(CN2OC3C(=O)N(c4ccccc4)C(=O)C3C2c2ccc(-c3ccc(Br)cc3)o2)c([N+](=O)[O-])c1. The molecule has 0 radical (unpaired) electrons. The summed E-state index contributed by atoms with van der Waals surface area (Å²) in [6, 6.07) is 22.4. The summed E-state index contributed by atoms with van der Waals surface area (Å²) in [6.07, 6.45) is -1.17. The Bertz CT molecular complexity index is 1690. The molecule has 2 aliphatic heterocycles. The highest BCUT2D eigenvalue weighted by atomic mass is 79.9. The van der Waals surface area contributed by atoms with Gasteiger partial charge in [0, 0.05) is 27.2 Å². The largest absolute Gasteiger partial charge is 0.459 e. The molecule has 0 bridgehead atoms. The number of hydrogen-bond acceptors (Lipinski definition) is 8. The lowest BCUT2D eigenvalue weighted by Gasteiger charge is -2.25. The number of para-hydroxylation sites is 1. The first-order valence-electron chi connectivity index (χ1n) is 12.5. The summed E-state index contributed by atoms with van der Waals surface area (Å²) >= 11 is 3.41. The normalized spacial score (nSPS) is 20.4. The summed E-state index contributed by atoms with van der Waals surface area (Å²) in [5.74, 6) is -1.92. The zero-order valence-electron chi connectivity index (χ0n) is 21.2. The summed E-state index contributed by atoms with van der Waals surface area (Å²) in [5, 5.41) is 13.2. The van der Waals surface area contributed by atoms with E-state index in [1.807, 2.05) is 24.3 Å². The molecule has 12 heteroatoms. The van der Waals surface area contributed by atoms with Gasteiger partial charge in [-0.05, 0) is 48.5 Å². The number of fused-ring (bicyclic) bond motifs is 1. The average molecular weight is 617 g/mol. The average Bonchev–Trinajstić information content (AvgIpc) is 3.64. The van der Waals surface area contributed by atoms with E-state index in [1.54, 1.807) is 42.5 Å². The Kier molecular flexibility index (Phi) is 6.73. The predicted molar refractivity (Wildman–Crippen MR) is 149 cm³/mol. The minimum Gasteiger partial charge on any atom is -0.459 e. The van der Waals surface area contributed by atoms with E-state index in [1.165, 1.54) is 17.2 Å². The molecule has 3 heterocycles. The number of nitrogens with zero attached hydrogens (tertiary/aromatic N) is 3. The number of carbonyl (C=O) groups is 3. The number of halogens is 1. The van der Waals surface area contributed by atoms with Crippen molar-refractivity contribution in [3.8, 4) is 11.3 Å². The molecule has 2 N–H and O–H groups in total. The van der Waals surface area contributed by atoms with Gasteiger partial charge < -0.3 is 10.2 Å². The van der Waals surface area contributed by atoms with Crippen LogP contribution in [0.15, 0.2) is 93.8 Å². The molecule has 3 unspecified atom stereocenters. The Hall–Kier alpha value is -4.65. The summed E-state index contributed by atoms with van der Waals surface area (Å²) in [7, 11) is 0. The number of nitrogens with two attached hydrogens (primary N) is 1. The van der Waals surface area contributed by atoms with E-state index in [9.17, 15) is 24.5 Å². The second-order valence-electron chi connectivity index (χ2n) is 9.59. The van der Waals surface area contributed by atoms with Crippen LogP contribution in [-0.4, -0.2) is 33.8 Å². The van der Waals surface area contributed by atoms with Gasteiger partial charge in [-0.3, -0.25) is 29.3 Å². The molecule has 2 fully saturated rings. The van der Waals surface area contributed by atoms with Gasteiger partial charge in [0.15, 0.2) is 6.10 Å². The molecule has 206 valence electrons. The van der Waals surface area contributed by atoms with E-state index >= 15 is 0 Å². The molecule has 11 nitrogen and oxygen atoms in total. The molecule has 0 spiro atoms. The third-order valence-electron chi connectivity index (χ3n) is 7.15. The van der Waals surface area contributed by atoms with Crippen LogP contribution >= 0.6 is 15.9 Å². The molecule has 41 heavy (non-hydrogen) atoms. The fourth-order valence-corrected chi connectivity index (χ4v) is 5.49. The number of nitro benzene ring substituents is 1. The van der Waals surface area contributed by atoms with Gasteiger partial charge in [0.05, 0.1) is 17.2 Å². The van der Waals surface area contributed by atoms with Crippen molar-refractivity contribution in [1.82, 2.24) is 5.06 Å². The van der Waals surface area contributed by atoms with Crippen molar-refractivity contribution in [1.29, 1.82) is 0 Å². The first kappa shape index (κ1) is 26.6. The van der Waals surface area contributed by atoms with Crippen LogP contribution in [0.1, 0.15) is 27.7 Å². The molecular weight excluding hydrogens is 596 g/mol. The molecule has 3 aromatic carbocycles. The second kappa shape index (κ2) is 10.4. The van der Waals surface area contributed by atoms with Gasteiger partial charge in [-0.25, -0.2) is 4.90 Å². The van der Waals surface area contributed by atoms with Crippen LogP contribution in [0.25, 0.3) is 11.3 Å². The Morgan fingerprint density at radius 3 is 2.39 bits per heavy atom. The number of carbonyl (C=O) groups excluding carboxylic acids is 3. The highest BCUT2D eigenvalue weighted by Crippen LogP contribution is 2.47. The molecule has 0 saturated carbocycles. The minimum atomic E-state index is -1.17. The van der Waals surface area contributed by atoms with E-state index in [2.05, 4.69) is 15.9 Å². The maximum Gasteiger partial charge on any atom is 0.274 e. The van der Waals surface area contributed by atoms with Crippen molar-refractivity contribution in [2.45, 2.75) is 18.7 Å². The van der Waals surface area contributed by atoms with E-state index < -0.39 is 40.7 Å². The molecule has 3 amide bonds. The summed E-state index contributed by atoms with van der Waals surface area (Å²) in [6.45, 7) is -0.173. The van der Waals surface area contributed by atoms with E-state index in [4.69, 9.17) is 15.0 Å². The fraction of sp³-hybridized carbons (Fsp3) is 0.138. The molecular formula is C29H21BrN4O7. The highest BCUT2D eigenvalue weighted by molar-refractivity contribution is 9.10. The number of rotatable bonds is 7. The fourth-order valence-electron chi connectivity index (χ4n) is 5.23. The van der Waals surface area contributed by atoms with E-state index in [-0.39, 0.29) is 23.4 Å². The van der Waals surface area contributed by atoms with Gasteiger partial charge >= 0.3 is 0 Å². The van der Waals surface area contributed by atoms with Gasteiger partial charge in [0.25, 0.3) is 11.6 Å². The first-order chi connectivity index (χ1) is 19.7. The van der Waals surface area contributed by atoms with Crippen LogP contribution in [0.5, 0.6) is 0 Å². The first-order valence-corrected chi connectivity index (χ1v) is 13.3. The summed E-state index contributed by atoms with van der Waals surface area (Å²) in [5.41, 5.74) is 6.35. The topological polar surface area (TPSA) is 149 Å². The number of imide groups is 1. The summed E-state index contributed by atoms with van der Waals surface area (Å²) < 4.78 is 7.10. The number of nitro groups is 1. The molecule has 1 aromatic heterocycles. The quantitative estimate of drug-likeness (QED) is 0.177. The standard InChI is InChI=1S/C29H21BrN4O7/c30-19-10-8-16(9-11-19)22-12-13-23(40-22)25-24-26(29(37)33(28(24)36)20-4-2-1-3-5-20)41-32(25)15-18-7-6-17(27(31)35)14-21(18)34(38)39/h1-14,24-26H,15H2,(H2,31,35). The lowest BCUT2D eigenvalue weighted by atomic mass is 9.94. The van der Waals surface area contributed by atoms with Crippen LogP contribution in [0, 0.1) is 16.0 Å². The Morgan fingerprint density at radius 2 is 1.71 bits per heavy atom. The molecule has 0 aliphatic carbocycles. The van der Waals surface area contributed by atoms with Crippen LogP contribution < -0.4 is 10.6 Å². The second-order valence-corrected chi connectivity index (χ2v) is 10.5. The minimum absolute atomic E-state index is 0.0229. The summed E-state index contributed by atoms with van der Waals surface area (Å²) in [4.78, 5) is 57.3. The zero-order chi connectivity index (χ0) is 28.8. The number of furan rings is 1. The highest BCUT2D eigenvalue weighted by Gasteiger charge is 2.61. The number of benzene rings is 3. The van der Waals surface area contributed by atoms with Crippen LogP contribution in [0.2, 0.25) is 0 Å². The lowest BCUT2D eigenvalue weighted by Crippen LogP contribution is -2.37. The third-order valence-corrected chi connectivity index (χ3v) is 7.68. The Labute approximate surface area is 241 Å². The number of amides is 3. The maximum atomic E-state index is 13.8. The molecule has 4 aromatic rings. The van der Waals surface area contributed by atoms with E-state index in [0.717, 1.165) is 21.0 Å². The van der Waals surface area contributed by atoms with Crippen molar-refractivity contribution < 1.29 is 28.6 Å². The van der Waals surface area contributed by atoms with Gasteiger partial charge in [-0.1, -0.05) is 46.3 Å². The van der Waals surface area contributed by atoms with Crippen LogP contribution in [0.3, 0.4) is 0 Å². The van der Waals surface area contributed by atoms with Gasteiger partial charge in [0.2, 0.25) is 11.8 Å². The van der Waals surface area contributed by atoms with Crippen molar-refractivity contribution in [3.63, 3.8) is 0 Å². The molecule has 2 saturated heterocycles. The van der Waals surface area contributed by atoms with Crippen molar-refractivity contribution in [2.24, 2.45) is 11.7 Å². The van der Waals surface area contributed by atoms with Crippen LogP contribution in [-0.2, 0) is 21.0 Å². The number of hydroxylamine groups is 2. The van der Waals surface area contributed by atoms with Crippen molar-refractivity contribution in [2.75, 3.05) is 4.90 Å². The van der Waals surface area contributed by atoms with Gasteiger partial charge in [-0.15, -0.1) is 0 Å². The predicted octanol–water partition coefficient (Wildman–Crippen LogP) is 4.76. The molecule has 2 aliphatic rings. The number of anilines is 1. The van der Waals surface area contributed by atoms with Crippen LogP contribution in [0.4, 0.5) is 11.4 Å². The Balaban J connectivity index is 1.40. The molecule has 3 atom stereocenters. The number of primary amides is 1. The smallest absolute Gasteiger partial charge is 0.274 e. The lowest BCUT2D eigenvalue weighted by molar-refractivity contribution is -0.386. The zero-order valence-corrected chi connectivity index (χ0v) is 22.8. The monoisotopic (exact) mass is 616 g/mol. The number of hydrogen-bond donors (Lipinski definition) is 1. The van der Waals surface area contributed by atoms with Crippen molar-refractivity contribution in [3.05, 3.63) is 116 Å². The van der Waals surface area contributed by atoms with Gasteiger partial charge in [0.1, 0.15) is 23.5 Å². The third kappa shape index (κ3) is 4.71. The maximum absolute atomic E-state index is 13.8. The van der Waals surface area contributed by atoms with E-state index in [0.29, 0.717) is 17.2 Å². The van der Waals surface area contributed by atoms with Gasteiger partial charge in [-0.2, -0.15) is 5.06 Å². The molecule has 6 rings (SSSR count). The Morgan fingerprint density at radius 1 is 0.976 bits per heavy atom. The van der Waals surface area contributed by atoms with Crippen molar-refractivity contribution >= 4 is 45.0 Å².